The zero-order chi connectivity index (χ0) is 23.5. The van der Waals surface area contributed by atoms with E-state index < -0.39 is 35.0 Å². The lowest BCUT2D eigenvalue weighted by molar-refractivity contribution is -0.137. The second-order valence-corrected chi connectivity index (χ2v) is 7.04. The summed E-state index contributed by atoms with van der Waals surface area (Å²) in [5, 5.41) is 16.7. The van der Waals surface area contributed by atoms with E-state index >= 15 is 0 Å². The van der Waals surface area contributed by atoms with Gasteiger partial charge in [-0.05, 0) is 30.2 Å². The van der Waals surface area contributed by atoms with Crippen molar-refractivity contribution in [3.05, 3.63) is 71.5 Å². The normalized spacial score (nSPS) is 11.3. The molecule has 168 valence electrons. The number of anilines is 1. The van der Waals surface area contributed by atoms with Crippen molar-refractivity contribution in [2.45, 2.75) is 19.5 Å². The van der Waals surface area contributed by atoms with Crippen LogP contribution in [0.15, 0.2) is 54.7 Å². The number of alkyl halides is 3. The van der Waals surface area contributed by atoms with Crippen LogP contribution in [0.3, 0.4) is 0 Å². The van der Waals surface area contributed by atoms with Gasteiger partial charge in [-0.1, -0.05) is 37.3 Å². The van der Waals surface area contributed by atoms with E-state index in [2.05, 4.69) is 10.4 Å². The lowest BCUT2D eigenvalue weighted by Gasteiger charge is -2.17. The van der Waals surface area contributed by atoms with Gasteiger partial charge in [-0.25, -0.2) is 4.68 Å². The molecule has 1 aromatic heterocycles. The molecule has 0 aliphatic heterocycles. The van der Waals surface area contributed by atoms with Gasteiger partial charge >= 0.3 is 6.18 Å². The fraction of sp³-hybridized carbons (Fsp3) is 0.227. The molecule has 0 bridgehead atoms. The summed E-state index contributed by atoms with van der Waals surface area (Å²) in [7, 11) is 1.33. The lowest BCUT2D eigenvalue weighted by atomic mass is 10.1. The first-order valence-electron chi connectivity index (χ1n) is 9.70. The SMILES string of the molecule is CCc1ccccc1NC(=O)CN(C)C(=O)c1nn(-c2ccccc2C(F)(F)F)cc1O. The molecule has 0 saturated heterocycles. The van der Waals surface area contributed by atoms with Gasteiger partial charge in [0.15, 0.2) is 11.4 Å². The fourth-order valence-corrected chi connectivity index (χ4v) is 3.16. The van der Waals surface area contributed by atoms with Crippen LogP contribution in [0.25, 0.3) is 5.69 Å². The minimum atomic E-state index is -4.65. The molecule has 1 heterocycles. The Labute approximate surface area is 182 Å². The molecule has 3 aromatic rings. The maximum Gasteiger partial charge on any atom is 0.418 e. The molecule has 7 nitrogen and oxygen atoms in total. The number of aromatic nitrogens is 2. The van der Waals surface area contributed by atoms with E-state index in [4.69, 9.17) is 0 Å². The molecule has 0 aliphatic rings. The number of para-hydroxylation sites is 2. The number of amides is 2. The third kappa shape index (κ3) is 4.90. The Bertz CT molecular complexity index is 1140. The van der Waals surface area contributed by atoms with Crippen molar-refractivity contribution in [1.29, 1.82) is 0 Å². The van der Waals surface area contributed by atoms with Crippen LogP contribution in [-0.4, -0.2) is 45.2 Å². The summed E-state index contributed by atoms with van der Waals surface area (Å²) in [5.74, 6) is -1.89. The maximum absolute atomic E-state index is 13.3. The fourth-order valence-electron chi connectivity index (χ4n) is 3.16. The summed E-state index contributed by atoms with van der Waals surface area (Å²) in [6.45, 7) is 1.60. The molecule has 10 heteroatoms. The number of aryl methyl sites for hydroxylation is 1. The number of hydrogen-bond acceptors (Lipinski definition) is 4. The molecule has 0 atom stereocenters. The Morgan fingerprint density at radius 2 is 1.78 bits per heavy atom. The van der Waals surface area contributed by atoms with Crippen LogP contribution in [0.4, 0.5) is 18.9 Å². The first kappa shape index (κ1) is 22.9. The number of halogens is 3. The van der Waals surface area contributed by atoms with Gasteiger partial charge in [0.1, 0.15) is 0 Å². The summed E-state index contributed by atoms with van der Waals surface area (Å²) in [5.41, 5.74) is -0.229. The Morgan fingerprint density at radius 1 is 1.12 bits per heavy atom. The molecule has 0 unspecified atom stereocenters. The predicted octanol–water partition coefficient (Wildman–Crippen LogP) is 3.87. The van der Waals surface area contributed by atoms with Crippen molar-refractivity contribution in [2.24, 2.45) is 0 Å². The predicted molar refractivity (Wildman–Crippen MR) is 112 cm³/mol. The van der Waals surface area contributed by atoms with Crippen LogP contribution in [0.2, 0.25) is 0 Å². The van der Waals surface area contributed by atoms with Crippen molar-refractivity contribution in [1.82, 2.24) is 14.7 Å². The molecule has 0 radical (unpaired) electrons. The van der Waals surface area contributed by atoms with Crippen LogP contribution >= 0.6 is 0 Å². The van der Waals surface area contributed by atoms with Crippen LogP contribution < -0.4 is 5.32 Å². The maximum atomic E-state index is 13.3. The minimum Gasteiger partial charge on any atom is -0.504 e. The van der Waals surface area contributed by atoms with Gasteiger partial charge < -0.3 is 15.3 Å². The smallest absolute Gasteiger partial charge is 0.418 e. The van der Waals surface area contributed by atoms with E-state index in [-0.39, 0.29) is 12.2 Å². The summed E-state index contributed by atoms with van der Waals surface area (Å²) in [6, 6.07) is 11.9. The molecule has 0 fully saturated rings. The Balaban J connectivity index is 1.78. The molecular formula is C22H21F3N4O3. The number of likely N-dealkylation sites (N-methyl/N-ethyl adjacent to an activating group) is 1. The molecule has 0 saturated carbocycles. The van der Waals surface area contributed by atoms with Crippen molar-refractivity contribution < 1.29 is 27.9 Å². The van der Waals surface area contributed by atoms with E-state index in [9.17, 15) is 27.9 Å². The average molecular weight is 446 g/mol. The van der Waals surface area contributed by atoms with E-state index in [0.717, 1.165) is 27.4 Å². The number of carbonyl (C=O) groups excluding carboxylic acids is 2. The number of nitrogens with zero attached hydrogens (tertiary/aromatic N) is 3. The summed E-state index contributed by atoms with van der Waals surface area (Å²) in [4.78, 5) is 26.1. The molecule has 2 N–H and O–H groups in total. The van der Waals surface area contributed by atoms with Crippen molar-refractivity contribution in [2.75, 3.05) is 18.9 Å². The number of aromatic hydroxyl groups is 1. The molecular weight excluding hydrogens is 425 g/mol. The zero-order valence-corrected chi connectivity index (χ0v) is 17.3. The molecule has 2 amide bonds. The van der Waals surface area contributed by atoms with Gasteiger partial charge in [-0.2, -0.15) is 18.3 Å². The van der Waals surface area contributed by atoms with Gasteiger partial charge in [0.05, 0.1) is 24.0 Å². The second kappa shape index (κ2) is 9.13. The van der Waals surface area contributed by atoms with E-state index in [0.29, 0.717) is 12.1 Å². The van der Waals surface area contributed by atoms with Crippen LogP contribution in [0, 0.1) is 0 Å². The Morgan fingerprint density at radius 3 is 2.47 bits per heavy atom. The van der Waals surface area contributed by atoms with Crippen molar-refractivity contribution in [3.63, 3.8) is 0 Å². The first-order valence-corrected chi connectivity index (χ1v) is 9.70. The Hall–Kier alpha value is -3.82. The first-order chi connectivity index (χ1) is 15.1. The highest BCUT2D eigenvalue weighted by atomic mass is 19.4. The summed E-state index contributed by atoms with van der Waals surface area (Å²) < 4.78 is 40.6. The number of nitrogens with one attached hydrogen (secondary N) is 1. The quantitative estimate of drug-likeness (QED) is 0.602. The molecule has 0 spiro atoms. The molecule has 32 heavy (non-hydrogen) atoms. The third-order valence-electron chi connectivity index (χ3n) is 4.75. The van der Waals surface area contributed by atoms with Crippen molar-refractivity contribution >= 4 is 17.5 Å². The van der Waals surface area contributed by atoms with E-state index in [1.807, 2.05) is 19.1 Å². The highest BCUT2D eigenvalue weighted by Gasteiger charge is 2.34. The third-order valence-corrected chi connectivity index (χ3v) is 4.75. The zero-order valence-electron chi connectivity index (χ0n) is 17.3. The summed E-state index contributed by atoms with van der Waals surface area (Å²) >= 11 is 0. The van der Waals surface area contributed by atoms with Crippen LogP contribution in [0.1, 0.15) is 28.5 Å². The van der Waals surface area contributed by atoms with E-state index in [1.165, 1.54) is 25.2 Å². The number of hydrogen-bond donors (Lipinski definition) is 2. The average Bonchev–Trinajstić information content (AvgIpc) is 3.14. The van der Waals surface area contributed by atoms with Crippen LogP contribution in [0.5, 0.6) is 5.75 Å². The topological polar surface area (TPSA) is 87.5 Å². The van der Waals surface area contributed by atoms with Crippen molar-refractivity contribution in [3.8, 4) is 11.4 Å². The van der Waals surface area contributed by atoms with Crippen LogP contribution in [-0.2, 0) is 17.4 Å². The minimum absolute atomic E-state index is 0.342. The monoisotopic (exact) mass is 446 g/mol. The van der Waals surface area contributed by atoms with E-state index in [1.54, 1.807) is 12.1 Å². The highest BCUT2D eigenvalue weighted by molar-refractivity contribution is 5.99. The second-order valence-electron chi connectivity index (χ2n) is 7.04. The number of benzene rings is 2. The highest BCUT2D eigenvalue weighted by Crippen LogP contribution is 2.34. The molecule has 0 aliphatic carbocycles. The standard InChI is InChI=1S/C22H21F3N4O3/c1-3-14-8-4-6-10-16(14)26-19(31)13-28(2)21(32)20-18(30)12-29(27-20)17-11-7-5-9-15(17)22(23,24)25/h4-12,30H,3,13H2,1-2H3,(H,26,31). The summed E-state index contributed by atoms with van der Waals surface area (Å²) in [6.07, 6.45) is -3.02. The van der Waals surface area contributed by atoms with Gasteiger partial charge in [-0.3, -0.25) is 9.59 Å². The largest absolute Gasteiger partial charge is 0.504 e. The van der Waals surface area contributed by atoms with Gasteiger partial charge in [-0.15, -0.1) is 0 Å². The Kier molecular flexibility index (Phi) is 6.52. The lowest BCUT2D eigenvalue weighted by Crippen LogP contribution is -2.35. The van der Waals surface area contributed by atoms with Gasteiger partial charge in [0.2, 0.25) is 5.91 Å². The van der Waals surface area contributed by atoms with Gasteiger partial charge in [0, 0.05) is 12.7 Å². The molecule has 2 aromatic carbocycles. The molecule has 3 rings (SSSR count). The number of carbonyl (C=O) groups is 2. The number of rotatable bonds is 6. The van der Waals surface area contributed by atoms with Gasteiger partial charge in [0.25, 0.3) is 5.91 Å².